The summed E-state index contributed by atoms with van der Waals surface area (Å²) in [5, 5.41) is 3.51. The zero-order chi connectivity index (χ0) is 13.4. The summed E-state index contributed by atoms with van der Waals surface area (Å²) in [7, 11) is 0. The van der Waals surface area contributed by atoms with Crippen LogP contribution in [0.3, 0.4) is 0 Å². The van der Waals surface area contributed by atoms with E-state index in [0.717, 1.165) is 32.1 Å². The van der Waals surface area contributed by atoms with E-state index in [1.165, 1.54) is 5.56 Å². The van der Waals surface area contributed by atoms with Gasteiger partial charge in [0.1, 0.15) is 0 Å². The maximum atomic E-state index is 3.51. The van der Waals surface area contributed by atoms with Crippen LogP contribution in [0.2, 0.25) is 0 Å². The Morgan fingerprint density at radius 2 is 1.72 bits per heavy atom. The number of rotatable bonds is 8. The van der Waals surface area contributed by atoms with Crippen molar-refractivity contribution in [2.75, 3.05) is 19.6 Å². The normalized spacial score (nSPS) is 11.7. The Labute approximate surface area is 112 Å². The molecule has 0 aliphatic rings. The molecule has 0 spiro atoms. The lowest BCUT2D eigenvalue weighted by Gasteiger charge is -2.26. The number of hydrogen-bond donors (Lipinski definition) is 1. The lowest BCUT2D eigenvalue weighted by atomic mass is 10.2. The molecule has 0 saturated heterocycles. The molecule has 2 nitrogen and oxygen atoms in total. The van der Waals surface area contributed by atoms with E-state index in [9.17, 15) is 0 Å². The molecule has 1 aromatic rings. The van der Waals surface area contributed by atoms with Crippen LogP contribution in [0, 0.1) is 5.92 Å². The van der Waals surface area contributed by atoms with Gasteiger partial charge in [-0.2, -0.15) is 0 Å². The number of nitrogens with zero attached hydrogens (tertiary/aromatic N) is 1. The van der Waals surface area contributed by atoms with Crippen LogP contribution in [0.4, 0.5) is 0 Å². The van der Waals surface area contributed by atoms with E-state index in [2.05, 4.69) is 68.2 Å². The molecule has 0 aliphatic carbocycles. The first-order valence-corrected chi connectivity index (χ1v) is 7.08. The zero-order valence-corrected chi connectivity index (χ0v) is 12.3. The van der Waals surface area contributed by atoms with Gasteiger partial charge in [-0.15, -0.1) is 0 Å². The highest BCUT2D eigenvalue weighted by atomic mass is 15.2. The van der Waals surface area contributed by atoms with Gasteiger partial charge in [0.25, 0.3) is 0 Å². The molecule has 0 radical (unpaired) electrons. The lowest BCUT2D eigenvalue weighted by molar-refractivity contribution is 0.212. The molecule has 0 atom stereocenters. The Morgan fingerprint density at radius 1 is 1.06 bits per heavy atom. The Morgan fingerprint density at radius 3 is 2.28 bits per heavy atom. The third-order valence-electron chi connectivity index (χ3n) is 3.09. The lowest BCUT2D eigenvalue weighted by Crippen LogP contribution is -2.37. The molecule has 0 bridgehead atoms. The maximum Gasteiger partial charge on any atom is 0.0236 e. The van der Waals surface area contributed by atoms with E-state index in [1.807, 2.05) is 0 Å². The largest absolute Gasteiger partial charge is 0.315 e. The van der Waals surface area contributed by atoms with Crippen molar-refractivity contribution >= 4 is 0 Å². The topological polar surface area (TPSA) is 15.3 Å². The van der Waals surface area contributed by atoms with Gasteiger partial charge in [-0.25, -0.2) is 0 Å². The molecule has 102 valence electrons. The standard InChI is InChI=1S/C16H28N2/c1-14(2)12-17-10-11-18(15(3)4)13-16-8-6-5-7-9-16/h5-9,14-15,17H,10-13H2,1-4H3. The minimum absolute atomic E-state index is 0.589. The van der Waals surface area contributed by atoms with Gasteiger partial charge in [-0.05, 0) is 31.9 Å². The van der Waals surface area contributed by atoms with Crippen molar-refractivity contribution in [3.8, 4) is 0 Å². The molecule has 0 saturated carbocycles. The van der Waals surface area contributed by atoms with Crippen molar-refractivity contribution in [1.29, 1.82) is 0 Å². The van der Waals surface area contributed by atoms with E-state index in [0.29, 0.717) is 6.04 Å². The van der Waals surface area contributed by atoms with Crippen LogP contribution in [0.25, 0.3) is 0 Å². The van der Waals surface area contributed by atoms with Gasteiger partial charge in [0.2, 0.25) is 0 Å². The van der Waals surface area contributed by atoms with Gasteiger partial charge in [-0.3, -0.25) is 4.90 Å². The van der Waals surface area contributed by atoms with Crippen LogP contribution in [-0.4, -0.2) is 30.6 Å². The third-order valence-corrected chi connectivity index (χ3v) is 3.09. The highest BCUT2D eigenvalue weighted by Gasteiger charge is 2.09. The minimum atomic E-state index is 0.589. The summed E-state index contributed by atoms with van der Waals surface area (Å²) < 4.78 is 0. The minimum Gasteiger partial charge on any atom is -0.315 e. The average Bonchev–Trinajstić information content (AvgIpc) is 2.33. The molecule has 0 unspecified atom stereocenters. The first-order valence-electron chi connectivity index (χ1n) is 7.08. The van der Waals surface area contributed by atoms with Gasteiger partial charge < -0.3 is 5.32 Å². The summed E-state index contributed by atoms with van der Waals surface area (Å²) in [5.74, 6) is 0.728. The van der Waals surface area contributed by atoms with E-state index >= 15 is 0 Å². The molecule has 2 heteroatoms. The highest BCUT2D eigenvalue weighted by molar-refractivity contribution is 5.14. The molecular formula is C16H28N2. The fraction of sp³-hybridized carbons (Fsp3) is 0.625. The second-order valence-electron chi connectivity index (χ2n) is 5.65. The van der Waals surface area contributed by atoms with E-state index in [1.54, 1.807) is 0 Å². The summed E-state index contributed by atoms with van der Waals surface area (Å²) >= 11 is 0. The van der Waals surface area contributed by atoms with Crippen molar-refractivity contribution in [2.45, 2.75) is 40.3 Å². The first kappa shape index (κ1) is 15.2. The molecule has 1 aromatic carbocycles. The van der Waals surface area contributed by atoms with Crippen LogP contribution in [0.1, 0.15) is 33.3 Å². The van der Waals surface area contributed by atoms with Gasteiger partial charge in [0.05, 0.1) is 0 Å². The Balaban J connectivity index is 2.36. The summed E-state index contributed by atoms with van der Waals surface area (Å²) in [6, 6.07) is 11.3. The predicted octanol–water partition coefficient (Wildman–Crippen LogP) is 3.14. The fourth-order valence-electron chi connectivity index (χ4n) is 1.95. The van der Waals surface area contributed by atoms with Gasteiger partial charge in [0.15, 0.2) is 0 Å². The number of nitrogens with one attached hydrogen (secondary N) is 1. The molecular weight excluding hydrogens is 220 g/mol. The van der Waals surface area contributed by atoms with Crippen molar-refractivity contribution in [1.82, 2.24) is 10.2 Å². The zero-order valence-electron chi connectivity index (χ0n) is 12.3. The molecule has 0 aromatic heterocycles. The molecule has 0 fully saturated rings. The van der Waals surface area contributed by atoms with Crippen molar-refractivity contribution < 1.29 is 0 Å². The summed E-state index contributed by atoms with van der Waals surface area (Å²) in [4.78, 5) is 2.52. The third kappa shape index (κ3) is 6.18. The second kappa shape index (κ2) is 8.28. The molecule has 0 heterocycles. The fourth-order valence-corrected chi connectivity index (χ4v) is 1.95. The second-order valence-corrected chi connectivity index (χ2v) is 5.65. The van der Waals surface area contributed by atoms with E-state index in [-0.39, 0.29) is 0 Å². The van der Waals surface area contributed by atoms with E-state index < -0.39 is 0 Å². The summed E-state index contributed by atoms with van der Waals surface area (Å²) in [6.07, 6.45) is 0. The summed E-state index contributed by atoms with van der Waals surface area (Å²) in [6.45, 7) is 13.4. The Hall–Kier alpha value is -0.860. The van der Waals surface area contributed by atoms with Crippen molar-refractivity contribution in [3.63, 3.8) is 0 Å². The van der Waals surface area contributed by atoms with Crippen LogP contribution in [0.5, 0.6) is 0 Å². The number of hydrogen-bond acceptors (Lipinski definition) is 2. The average molecular weight is 248 g/mol. The smallest absolute Gasteiger partial charge is 0.0236 e. The Kier molecular flexibility index (Phi) is 6.99. The number of benzene rings is 1. The van der Waals surface area contributed by atoms with Crippen LogP contribution in [-0.2, 0) is 6.54 Å². The predicted molar refractivity (Wildman–Crippen MR) is 79.7 cm³/mol. The molecule has 1 rings (SSSR count). The first-order chi connectivity index (χ1) is 8.59. The van der Waals surface area contributed by atoms with Crippen LogP contribution in [0.15, 0.2) is 30.3 Å². The SMILES string of the molecule is CC(C)CNCCN(Cc1ccccc1)C(C)C. The highest BCUT2D eigenvalue weighted by Crippen LogP contribution is 2.07. The van der Waals surface area contributed by atoms with Gasteiger partial charge in [0, 0.05) is 25.7 Å². The molecule has 1 N–H and O–H groups in total. The van der Waals surface area contributed by atoms with E-state index in [4.69, 9.17) is 0 Å². The van der Waals surface area contributed by atoms with Crippen LogP contribution >= 0.6 is 0 Å². The summed E-state index contributed by atoms with van der Waals surface area (Å²) in [5.41, 5.74) is 1.40. The molecule has 0 aliphatic heterocycles. The van der Waals surface area contributed by atoms with Gasteiger partial charge >= 0.3 is 0 Å². The monoisotopic (exact) mass is 248 g/mol. The van der Waals surface area contributed by atoms with Gasteiger partial charge in [-0.1, -0.05) is 44.2 Å². The van der Waals surface area contributed by atoms with Crippen molar-refractivity contribution in [2.24, 2.45) is 5.92 Å². The Bertz CT molecular complexity index is 306. The molecule has 18 heavy (non-hydrogen) atoms. The maximum absolute atomic E-state index is 3.51. The quantitative estimate of drug-likeness (QED) is 0.711. The molecule has 0 amide bonds. The van der Waals surface area contributed by atoms with Crippen LogP contribution < -0.4 is 5.32 Å². The van der Waals surface area contributed by atoms with Crippen molar-refractivity contribution in [3.05, 3.63) is 35.9 Å².